The first-order valence-electron chi connectivity index (χ1n) is 22.0. The van der Waals surface area contributed by atoms with Crippen molar-refractivity contribution in [3.63, 3.8) is 0 Å². The molecule has 0 radical (unpaired) electrons. The van der Waals surface area contributed by atoms with Gasteiger partial charge in [-0.1, -0.05) is 55.5 Å². The van der Waals surface area contributed by atoms with Gasteiger partial charge >= 0.3 is 0 Å². The summed E-state index contributed by atoms with van der Waals surface area (Å²) in [6.45, 7) is 6.18. The Kier molecular flexibility index (Phi) is 21.1. The summed E-state index contributed by atoms with van der Waals surface area (Å²) >= 11 is 0. The maximum Gasteiger partial charge on any atom is 0.225 e. The predicted molar refractivity (Wildman–Crippen MR) is 257 cm³/mol. The predicted octanol–water partition coefficient (Wildman–Crippen LogP) is 5.08. The Morgan fingerprint density at radius 3 is 2.79 bits per heavy atom. The monoisotopic (exact) mass is 885 g/mol. The minimum Gasteiger partial charge on any atom is -0.490 e. The highest BCUT2D eigenvalue weighted by Gasteiger charge is 2.22. The zero-order valence-corrected chi connectivity index (χ0v) is 38.0. The normalized spacial score (nSPS) is 21.5. The Morgan fingerprint density at radius 1 is 1.14 bits per heavy atom. The van der Waals surface area contributed by atoms with E-state index in [0.29, 0.717) is 50.2 Å². The molecule has 63 heavy (non-hydrogen) atoms. The van der Waals surface area contributed by atoms with Crippen LogP contribution < -0.4 is 48.5 Å². The topological polar surface area (TPSA) is 220 Å². The fourth-order valence-electron chi connectivity index (χ4n) is 6.90. The molecule has 0 aromatic carbocycles. The summed E-state index contributed by atoms with van der Waals surface area (Å²) in [6, 6.07) is 5.54. The van der Waals surface area contributed by atoms with Gasteiger partial charge in [0.1, 0.15) is 41.9 Å². The molecule has 1 aromatic heterocycles. The average molecular weight is 885 g/mol. The van der Waals surface area contributed by atoms with Crippen molar-refractivity contribution in [1.82, 2.24) is 36.2 Å². The summed E-state index contributed by atoms with van der Waals surface area (Å²) < 4.78 is 12.5. The first-order chi connectivity index (χ1) is 30.6. The van der Waals surface area contributed by atoms with Crippen LogP contribution >= 0.6 is 8.73 Å². The highest BCUT2D eigenvalue weighted by Crippen LogP contribution is 2.23. The van der Waals surface area contributed by atoms with Crippen molar-refractivity contribution in [3.8, 4) is 0 Å². The van der Waals surface area contributed by atoms with Crippen molar-refractivity contribution in [2.45, 2.75) is 102 Å². The molecule has 1 aliphatic heterocycles. The molecule has 17 heteroatoms. The zero-order chi connectivity index (χ0) is 44.7. The van der Waals surface area contributed by atoms with Gasteiger partial charge in [0.2, 0.25) is 5.91 Å². The van der Waals surface area contributed by atoms with Crippen LogP contribution in [0.3, 0.4) is 0 Å². The second kappa shape index (κ2) is 27.2. The minimum atomic E-state index is -0.744. The van der Waals surface area contributed by atoms with E-state index in [4.69, 9.17) is 20.9 Å². The van der Waals surface area contributed by atoms with Crippen LogP contribution in [0.4, 0.5) is 11.6 Å². The molecule has 1 amide bonds. The summed E-state index contributed by atoms with van der Waals surface area (Å²) in [7, 11) is 2.33. The number of hydrogen-bond donors (Lipinski definition) is 10. The molecule has 5 rings (SSSR count). The van der Waals surface area contributed by atoms with Crippen molar-refractivity contribution < 1.29 is 19.4 Å². The van der Waals surface area contributed by atoms with Crippen LogP contribution in [0, 0.1) is 0 Å². The molecule has 0 saturated carbocycles. The van der Waals surface area contributed by atoms with Crippen molar-refractivity contribution in [1.29, 1.82) is 0 Å². The molecule has 6 atom stereocenters. The van der Waals surface area contributed by atoms with Crippen molar-refractivity contribution in [2.75, 3.05) is 44.1 Å². The average Bonchev–Trinajstić information content (AvgIpc) is 3.27. The van der Waals surface area contributed by atoms with E-state index in [-0.39, 0.29) is 39.1 Å². The van der Waals surface area contributed by atoms with E-state index < -0.39 is 6.23 Å². The lowest BCUT2D eigenvalue weighted by molar-refractivity contribution is -0.115. The number of carbonyl (C=O) groups is 1. The molecule has 12 N–H and O–H groups in total. The largest absolute Gasteiger partial charge is 0.490 e. The number of rotatable bonds is 25. The molecule has 0 saturated heterocycles. The Labute approximate surface area is 375 Å². The number of aliphatic hydroxyl groups excluding tert-OH is 1. The Hall–Kier alpha value is -5.06. The number of aromatic nitrogens is 1. The molecule has 6 unspecified atom stereocenters. The number of allylic oxidation sites excluding steroid dienone is 8. The van der Waals surface area contributed by atoms with Gasteiger partial charge in [-0.2, -0.15) is 0 Å². The van der Waals surface area contributed by atoms with Gasteiger partial charge in [0.15, 0.2) is 0 Å². The molecular formula is C46H69N12O4P. The molecule has 3 aliphatic carbocycles. The number of likely N-dealkylation sites (N-methyl/N-ethyl adjacent to an activating group) is 1. The lowest BCUT2D eigenvalue weighted by Gasteiger charge is -2.28. The molecule has 1 aromatic rings. The molecular weight excluding hydrogens is 816 g/mol. The van der Waals surface area contributed by atoms with Crippen molar-refractivity contribution >= 4 is 32.1 Å². The third kappa shape index (κ3) is 19.1. The molecule has 342 valence electrons. The quantitative estimate of drug-likeness (QED) is 0.0352. The van der Waals surface area contributed by atoms with Crippen LogP contribution in [0.25, 0.3) is 0 Å². The van der Waals surface area contributed by atoms with Gasteiger partial charge in [0.25, 0.3) is 0 Å². The number of hydrogen-bond acceptors (Lipinski definition) is 15. The Morgan fingerprint density at radius 2 is 2.00 bits per heavy atom. The first-order valence-corrected chi connectivity index (χ1v) is 23.1. The Balaban J connectivity index is 0.935. The minimum absolute atomic E-state index is 0.0398. The van der Waals surface area contributed by atoms with E-state index in [2.05, 4.69) is 102 Å². The zero-order valence-electron chi connectivity index (χ0n) is 37.0. The molecule has 2 heterocycles. The van der Waals surface area contributed by atoms with E-state index in [1.807, 2.05) is 48.3 Å². The highest BCUT2D eigenvalue weighted by atomic mass is 31.1. The number of nitrogens with one attached hydrogen (secondary N) is 7. The molecule has 0 fully saturated rings. The number of aliphatic imine (C=N–C) groups is 1. The summed E-state index contributed by atoms with van der Waals surface area (Å²) in [5.74, 6) is 6.26. The van der Waals surface area contributed by atoms with E-state index in [1.54, 1.807) is 19.1 Å². The number of pyridine rings is 1. The first kappa shape index (κ1) is 49.0. The van der Waals surface area contributed by atoms with E-state index >= 15 is 0 Å². The maximum atomic E-state index is 11.8. The van der Waals surface area contributed by atoms with Crippen LogP contribution in [0.1, 0.15) is 71.6 Å². The number of nitrogens with zero attached hydrogens (tertiary/aromatic N) is 3. The van der Waals surface area contributed by atoms with Gasteiger partial charge in [0, 0.05) is 59.2 Å². The second-order valence-corrected chi connectivity index (χ2v) is 16.5. The van der Waals surface area contributed by atoms with Gasteiger partial charge in [0.05, 0.1) is 31.0 Å². The third-order valence-electron chi connectivity index (χ3n) is 10.3. The third-order valence-corrected chi connectivity index (χ3v) is 11.2. The van der Waals surface area contributed by atoms with Gasteiger partial charge < -0.3 is 57.3 Å². The number of nitrogens with two attached hydrogens (primary N) is 2. The number of ether oxygens (including phenoxy) is 2. The van der Waals surface area contributed by atoms with Crippen LogP contribution in [-0.2, 0) is 14.3 Å². The van der Waals surface area contributed by atoms with Gasteiger partial charge in [-0.05, 0) is 100.0 Å². The van der Waals surface area contributed by atoms with Crippen LogP contribution in [0.15, 0.2) is 131 Å². The van der Waals surface area contributed by atoms with E-state index in [1.165, 1.54) is 5.57 Å². The summed E-state index contributed by atoms with van der Waals surface area (Å²) in [5, 5.41) is 33.1. The summed E-state index contributed by atoms with van der Waals surface area (Å²) in [4.78, 5) is 23.0. The molecule has 0 spiro atoms. The lowest BCUT2D eigenvalue weighted by atomic mass is 10.0. The van der Waals surface area contributed by atoms with Crippen LogP contribution in [0.2, 0.25) is 0 Å². The fraction of sp³-hybridized carbons (Fsp3) is 0.457. The number of amides is 1. The van der Waals surface area contributed by atoms with Gasteiger partial charge in [-0.15, -0.1) is 0 Å². The molecule has 0 bridgehead atoms. The number of aliphatic hydroxyl groups is 1. The molecule has 16 nitrogen and oxygen atoms in total. The fourth-order valence-corrected chi connectivity index (χ4v) is 7.56. The lowest BCUT2D eigenvalue weighted by Crippen LogP contribution is -2.42. The molecule has 4 aliphatic rings. The number of anilines is 2. The highest BCUT2D eigenvalue weighted by molar-refractivity contribution is 7.39. The Bertz CT molecular complexity index is 1940. The second-order valence-electron chi connectivity index (χ2n) is 15.7. The number of amidine groups is 1. The summed E-state index contributed by atoms with van der Waals surface area (Å²) in [5.41, 5.74) is 14.4. The van der Waals surface area contributed by atoms with Crippen molar-refractivity contribution in [3.05, 3.63) is 126 Å². The van der Waals surface area contributed by atoms with E-state index in [0.717, 1.165) is 74.6 Å². The SMILES string of the molecule is CCC(=O)Nc1cccc(NC2=NCNC(OC3C=C(CCN(C)C/C=C/C(O)NC(C)CC/C=C(\N)NP/C=C(\NCN)NC4=CC=C(OC5C=CC=CC5)CC4)C=CC3)C2)n1. The van der Waals surface area contributed by atoms with Crippen LogP contribution in [-0.4, -0.2) is 90.9 Å². The number of carbonyl (C=O) groups excluding carboxylic acids is 1. The van der Waals surface area contributed by atoms with Gasteiger partial charge in [-0.25, -0.2) is 4.98 Å². The van der Waals surface area contributed by atoms with E-state index in [9.17, 15) is 9.90 Å². The van der Waals surface area contributed by atoms with Gasteiger partial charge in [-0.3, -0.25) is 20.4 Å². The van der Waals surface area contributed by atoms with Crippen molar-refractivity contribution in [2.24, 2.45) is 16.5 Å². The standard InChI is InChI=1S/C46H69N12O4P/c1-4-44(59)56-41-19-10-18-40(54-41)55-42-29-46(51-32-50-42)62-38-16-9-13-34(28-38)25-27-58(3)26-11-20-45(60)52-33(2)12-8-17-39(48)57-63-30-43(49-31-47)53-35-21-23-37(24-22-35)61-36-14-6-5-7-15-36/h5-7,9-11,13-14,17-21,23,28,30,33,36,38,45-46,49,51-53,57,60,63H,4,8,12,15-16,22,24-27,29,31-32,47-48H2,1-3H3,(H2,50,54,55,56,59)/b20-11+,39-17+,43-30+. The van der Waals surface area contributed by atoms with Crippen LogP contribution in [0.5, 0.6) is 0 Å². The smallest absolute Gasteiger partial charge is 0.225 e. The summed E-state index contributed by atoms with van der Waals surface area (Å²) in [6.07, 6.45) is 30.6. The maximum absolute atomic E-state index is 11.8.